The highest BCUT2D eigenvalue weighted by atomic mass is 35.5. The second kappa shape index (κ2) is 12.2. The van der Waals surface area contributed by atoms with E-state index in [4.69, 9.17) is 11.6 Å². The Morgan fingerprint density at radius 2 is 1.76 bits per heavy atom. The maximum absolute atomic E-state index is 13.6. The van der Waals surface area contributed by atoms with E-state index in [1.165, 1.54) is 11.0 Å². The second-order valence-corrected chi connectivity index (χ2v) is 10.5. The zero-order valence-corrected chi connectivity index (χ0v) is 21.4. The van der Waals surface area contributed by atoms with Crippen molar-refractivity contribution in [3.8, 4) is 0 Å². The van der Waals surface area contributed by atoms with Crippen molar-refractivity contribution in [3.05, 3.63) is 64.9 Å². The van der Waals surface area contributed by atoms with Gasteiger partial charge in [-0.15, -0.1) is 0 Å². The van der Waals surface area contributed by atoms with Crippen LogP contribution in [-0.2, 0) is 26.0 Å². The number of rotatable bonds is 11. The van der Waals surface area contributed by atoms with Gasteiger partial charge in [-0.3, -0.25) is 13.9 Å². The average molecular weight is 512 g/mol. The predicted octanol–water partition coefficient (Wildman–Crippen LogP) is 3.62. The fraction of sp³-hybridized carbons (Fsp3) is 0.417. The first-order valence-electron chi connectivity index (χ1n) is 11.0. The Labute approximate surface area is 205 Å². The van der Waals surface area contributed by atoms with Gasteiger partial charge in [0, 0.05) is 12.6 Å². The van der Waals surface area contributed by atoms with Crippen molar-refractivity contribution in [1.82, 2.24) is 10.2 Å². The lowest BCUT2D eigenvalue weighted by molar-refractivity contribution is -0.139. The Balaban J connectivity index is 2.33. The van der Waals surface area contributed by atoms with Crippen molar-refractivity contribution in [2.45, 2.75) is 45.7 Å². The molecule has 1 N–H and O–H groups in total. The number of benzene rings is 2. The van der Waals surface area contributed by atoms with Crippen LogP contribution in [0.2, 0.25) is 5.02 Å². The van der Waals surface area contributed by atoms with E-state index in [0.29, 0.717) is 6.42 Å². The van der Waals surface area contributed by atoms with Gasteiger partial charge in [0.1, 0.15) is 18.4 Å². The first kappa shape index (κ1) is 27.6. The lowest BCUT2D eigenvalue weighted by Crippen LogP contribution is -2.53. The Hall–Kier alpha value is -2.65. The molecule has 2 aromatic rings. The van der Waals surface area contributed by atoms with E-state index in [-0.39, 0.29) is 29.2 Å². The van der Waals surface area contributed by atoms with Crippen molar-refractivity contribution in [2.24, 2.45) is 0 Å². The minimum absolute atomic E-state index is 0.0574. The molecule has 0 heterocycles. The highest BCUT2D eigenvalue weighted by molar-refractivity contribution is 7.92. The van der Waals surface area contributed by atoms with Gasteiger partial charge in [-0.25, -0.2) is 12.8 Å². The number of halogens is 2. The molecule has 0 spiro atoms. The maximum Gasteiger partial charge on any atom is 0.244 e. The van der Waals surface area contributed by atoms with Gasteiger partial charge in [0.2, 0.25) is 21.8 Å². The number of hydrogen-bond donors (Lipinski definition) is 1. The van der Waals surface area contributed by atoms with Crippen molar-refractivity contribution in [2.75, 3.05) is 23.7 Å². The summed E-state index contributed by atoms with van der Waals surface area (Å²) in [5.74, 6) is -1.59. The molecule has 10 heteroatoms. The molecule has 2 unspecified atom stereocenters. The minimum atomic E-state index is -3.91. The van der Waals surface area contributed by atoms with Gasteiger partial charge in [0.05, 0.1) is 17.0 Å². The first-order valence-corrected chi connectivity index (χ1v) is 13.2. The number of nitrogens with one attached hydrogen (secondary N) is 1. The van der Waals surface area contributed by atoms with Gasteiger partial charge in [-0.05, 0) is 50.5 Å². The van der Waals surface area contributed by atoms with Crippen LogP contribution in [0, 0.1) is 5.82 Å². The van der Waals surface area contributed by atoms with Gasteiger partial charge in [-0.2, -0.15) is 0 Å². The molecule has 0 bridgehead atoms. The third-order valence-electron chi connectivity index (χ3n) is 5.52. The van der Waals surface area contributed by atoms with Crippen LogP contribution in [0.25, 0.3) is 0 Å². The summed E-state index contributed by atoms with van der Waals surface area (Å²) >= 11 is 5.83. The Morgan fingerprint density at radius 3 is 2.32 bits per heavy atom. The summed E-state index contributed by atoms with van der Waals surface area (Å²) in [6.07, 6.45) is 2.16. The molecule has 0 radical (unpaired) electrons. The van der Waals surface area contributed by atoms with Crippen LogP contribution in [0.3, 0.4) is 0 Å². The van der Waals surface area contributed by atoms with Crippen LogP contribution in [0.15, 0.2) is 48.5 Å². The summed E-state index contributed by atoms with van der Waals surface area (Å²) in [5, 5.41) is 2.60. The van der Waals surface area contributed by atoms with E-state index in [0.717, 1.165) is 34.7 Å². The second-order valence-electron chi connectivity index (χ2n) is 8.18. The summed E-state index contributed by atoms with van der Waals surface area (Å²) in [5.41, 5.74) is 1.03. The average Bonchev–Trinajstić information content (AvgIpc) is 2.79. The summed E-state index contributed by atoms with van der Waals surface area (Å²) in [7, 11) is -3.91. The van der Waals surface area contributed by atoms with Gasteiger partial charge >= 0.3 is 0 Å². The van der Waals surface area contributed by atoms with Crippen LogP contribution < -0.4 is 9.62 Å². The number of nitrogens with zero attached hydrogens (tertiary/aromatic N) is 2. The zero-order valence-electron chi connectivity index (χ0n) is 19.8. The summed E-state index contributed by atoms with van der Waals surface area (Å²) in [6, 6.07) is 12.0. The van der Waals surface area contributed by atoms with E-state index in [9.17, 15) is 22.4 Å². The smallest absolute Gasteiger partial charge is 0.244 e. The Morgan fingerprint density at radius 1 is 1.12 bits per heavy atom. The highest BCUT2D eigenvalue weighted by Crippen LogP contribution is 2.24. The summed E-state index contributed by atoms with van der Waals surface area (Å²) in [4.78, 5) is 27.6. The van der Waals surface area contributed by atoms with Crippen molar-refractivity contribution < 1.29 is 22.4 Å². The predicted molar refractivity (Wildman–Crippen MR) is 133 cm³/mol. The standard InChI is InChI=1S/C24H31ClFN3O4S/c1-5-17(2)27-24(31)18(3)28(14-13-19-9-7-6-8-10-19)23(30)16-29(34(4,32)33)20-11-12-22(26)21(25)15-20/h6-12,15,17-18H,5,13-14,16H2,1-4H3,(H,27,31). The molecule has 34 heavy (non-hydrogen) atoms. The van der Waals surface area contributed by atoms with E-state index >= 15 is 0 Å². The molecule has 2 rings (SSSR count). The van der Waals surface area contributed by atoms with Crippen LogP contribution in [-0.4, -0.2) is 56.6 Å². The van der Waals surface area contributed by atoms with Gasteiger partial charge in [-0.1, -0.05) is 48.9 Å². The molecule has 0 aliphatic carbocycles. The topological polar surface area (TPSA) is 86.8 Å². The van der Waals surface area contributed by atoms with Gasteiger partial charge in [0.15, 0.2) is 0 Å². The quantitative estimate of drug-likeness (QED) is 0.499. The molecule has 0 fully saturated rings. The third-order valence-corrected chi connectivity index (χ3v) is 6.95. The zero-order chi connectivity index (χ0) is 25.5. The molecule has 2 aromatic carbocycles. The number of carbonyl (C=O) groups is 2. The first-order chi connectivity index (χ1) is 15.9. The minimum Gasteiger partial charge on any atom is -0.352 e. The number of hydrogen-bond acceptors (Lipinski definition) is 4. The number of amides is 2. The molecule has 0 aliphatic rings. The number of carbonyl (C=O) groups excluding carboxylic acids is 2. The fourth-order valence-electron chi connectivity index (χ4n) is 3.29. The third kappa shape index (κ3) is 7.70. The molecule has 0 saturated heterocycles. The van der Waals surface area contributed by atoms with E-state index in [1.807, 2.05) is 44.2 Å². The monoisotopic (exact) mass is 511 g/mol. The Bertz CT molecular complexity index is 1100. The van der Waals surface area contributed by atoms with Crippen molar-refractivity contribution in [3.63, 3.8) is 0 Å². The largest absolute Gasteiger partial charge is 0.352 e. The van der Waals surface area contributed by atoms with Crippen LogP contribution in [0.1, 0.15) is 32.8 Å². The molecule has 0 aromatic heterocycles. The van der Waals surface area contributed by atoms with Crippen LogP contribution in [0.4, 0.5) is 10.1 Å². The summed E-state index contributed by atoms with van der Waals surface area (Å²) in [6.45, 7) is 5.06. The number of anilines is 1. The number of sulfonamides is 1. The molecule has 7 nitrogen and oxygen atoms in total. The van der Waals surface area contributed by atoms with E-state index < -0.39 is 34.3 Å². The lowest BCUT2D eigenvalue weighted by Gasteiger charge is -2.32. The normalized spacial score (nSPS) is 13.1. The fourth-order valence-corrected chi connectivity index (χ4v) is 4.31. The van der Waals surface area contributed by atoms with Crippen molar-refractivity contribution >= 4 is 39.1 Å². The maximum atomic E-state index is 13.6. The Kier molecular flexibility index (Phi) is 9.88. The molecule has 0 saturated carbocycles. The molecule has 0 aliphatic heterocycles. The molecule has 2 amide bonds. The van der Waals surface area contributed by atoms with Gasteiger partial charge < -0.3 is 10.2 Å². The van der Waals surface area contributed by atoms with Crippen molar-refractivity contribution in [1.29, 1.82) is 0 Å². The highest BCUT2D eigenvalue weighted by Gasteiger charge is 2.30. The summed E-state index contributed by atoms with van der Waals surface area (Å²) < 4.78 is 39.5. The SMILES string of the molecule is CCC(C)NC(=O)C(C)N(CCc1ccccc1)C(=O)CN(c1ccc(F)c(Cl)c1)S(C)(=O)=O. The lowest BCUT2D eigenvalue weighted by atomic mass is 10.1. The molecular formula is C24H31ClFN3O4S. The van der Waals surface area contributed by atoms with E-state index in [2.05, 4.69) is 5.32 Å². The van der Waals surface area contributed by atoms with Crippen LogP contribution >= 0.6 is 11.6 Å². The molecular weight excluding hydrogens is 481 g/mol. The molecule has 2 atom stereocenters. The molecule has 186 valence electrons. The van der Waals surface area contributed by atoms with Crippen LogP contribution in [0.5, 0.6) is 0 Å². The van der Waals surface area contributed by atoms with E-state index in [1.54, 1.807) is 6.92 Å². The van der Waals surface area contributed by atoms with Gasteiger partial charge in [0.25, 0.3) is 0 Å².